The van der Waals surface area contributed by atoms with Gasteiger partial charge in [-0.05, 0) is 73.6 Å². The minimum atomic E-state index is -0.657. The molecule has 5 heteroatoms. The van der Waals surface area contributed by atoms with Crippen LogP contribution in [0.25, 0.3) is 0 Å². The molecular formula is C32H40N2O3. The van der Waals surface area contributed by atoms with E-state index in [4.69, 9.17) is 4.74 Å². The van der Waals surface area contributed by atoms with Gasteiger partial charge in [0.2, 0.25) is 5.91 Å². The molecular weight excluding hydrogens is 460 g/mol. The summed E-state index contributed by atoms with van der Waals surface area (Å²) < 4.78 is 6.06. The maximum absolute atomic E-state index is 13.8. The molecule has 196 valence electrons. The first-order valence-electron chi connectivity index (χ1n) is 13.2. The highest BCUT2D eigenvalue weighted by Gasteiger charge is 2.31. The Balaban J connectivity index is 1.93. The van der Waals surface area contributed by atoms with Gasteiger partial charge in [0, 0.05) is 19.5 Å². The van der Waals surface area contributed by atoms with Crippen molar-refractivity contribution in [2.75, 3.05) is 13.2 Å². The van der Waals surface area contributed by atoms with Crippen molar-refractivity contribution >= 4 is 11.8 Å². The number of carbonyl (C=O) groups is 2. The number of carbonyl (C=O) groups excluding carboxylic acids is 2. The lowest BCUT2D eigenvalue weighted by Crippen LogP contribution is -2.52. The predicted molar refractivity (Wildman–Crippen MR) is 150 cm³/mol. The van der Waals surface area contributed by atoms with Gasteiger partial charge < -0.3 is 15.0 Å². The highest BCUT2D eigenvalue weighted by Crippen LogP contribution is 2.24. The molecule has 37 heavy (non-hydrogen) atoms. The topological polar surface area (TPSA) is 58.6 Å². The lowest BCUT2D eigenvalue weighted by molar-refractivity contribution is -0.142. The van der Waals surface area contributed by atoms with Gasteiger partial charge >= 0.3 is 0 Å². The summed E-state index contributed by atoms with van der Waals surface area (Å²) in [5, 5.41) is 3.06. The van der Waals surface area contributed by atoms with E-state index in [-0.39, 0.29) is 18.4 Å². The number of nitrogens with zero attached hydrogens (tertiary/aromatic N) is 1. The first-order chi connectivity index (χ1) is 17.8. The van der Waals surface area contributed by atoms with Gasteiger partial charge in [-0.3, -0.25) is 9.59 Å². The highest BCUT2D eigenvalue weighted by atomic mass is 16.5. The third kappa shape index (κ3) is 7.94. The fourth-order valence-electron chi connectivity index (χ4n) is 4.40. The third-order valence-electron chi connectivity index (χ3n) is 6.82. The predicted octanol–water partition coefficient (Wildman–Crippen LogP) is 5.86. The zero-order chi connectivity index (χ0) is 26.8. The molecule has 0 aliphatic rings. The van der Waals surface area contributed by atoms with Crippen LogP contribution in [-0.2, 0) is 22.6 Å². The summed E-state index contributed by atoms with van der Waals surface area (Å²) in [6.45, 7) is 11.0. The van der Waals surface area contributed by atoms with Crippen LogP contribution in [0.5, 0.6) is 5.75 Å². The number of nitrogens with one attached hydrogen (secondary N) is 1. The minimum absolute atomic E-state index is 0.136. The number of aryl methyl sites for hydroxylation is 3. The van der Waals surface area contributed by atoms with Crippen LogP contribution < -0.4 is 10.1 Å². The Bertz CT molecular complexity index is 1190. The van der Waals surface area contributed by atoms with Gasteiger partial charge in [-0.1, -0.05) is 74.0 Å². The Morgan fingerprint density at radius 3 is 2.32 bits per heavy atom. The molecule has 2 amide bonds. The Labute approximate surface area is 221 Å². The van der Waals surface area contributed by atoms with E-state index in [0.717, 1.165) is 46.2 Å². The lowest BCUT2D eigenvalue weighted by Gasteiger charge is -2.32. The Kier molecular flexibility index (Phi) is 10.3. The normalized spacial score (nSPS) is 11.6. The van der Waals surface area contributed by atoms with E-state index in [1.807, 2.05) is 88.4 Å². The quantitative estimate of drug-likeness (QED) is 0.317. The second-order valence-electron chi connectivity index (χ2n) is 9.79. The summed E-state index contributed by atoms with van der Waals surface area (Å²) in [5.74, 6) is 0.351. The van der Waals surface area contributed by atoms with Crippen molar-refractivity contribution < 1.29 is 14.3 Å². The summed E-state index contributed by atoms with van der Waals surface area (Å²) >= 11 is 0. The summed E-state index contributed by atoms with van der Waals surface area (Å²) in [7, 11) is 0. The molecule has 1 N–H and O–H groups in total. The monoisotopic (exact) mass is 500 g/mol. The molecule has 0 aliphatic heterocycles. The Morgan fingerprint density at radius 2 is 1.62 bits per heavy atom. The molecule has 0 radical (unpaired) electrons. The summed E-state index contributed by atoms with van der Waals surface area (Å²) in [4.78, 5) is 29.0. The van der Waals surface area contributed by atoms with Crippen molar-refractivity contribution in [3.05, 3.63) is 100 Å². The van der Waals surface area contributed by atoms with Crippen LogP contribution in [0.15, 0.2) is 66.7 Å². The van der Waals surface area contributed by atoms with Crippen LogP contribution >= 0.6 is 0 Å². The first-order valence-corrected chi connectivity index (χ1v) is 13.2. The fraction of sp³-hybridized carbons (Fsp3) is 0.375. The molecule has 0 saturated heterocycles. The fourth-order valence-corrected chi connectivity index (χ4v) is 4.40. The van der Waals surface area contributed by atoms with E-state index in [1.165, 1.54) is 0 Å². The number of amides is 2. The molecule has 0 heterocycles. The van der Waals surface area contributed by atoms with Crippen molar-refractivity contribution in [1.82, 2.24) is 10.2 Å². The Morgan fingerprint density at radius 1 is 0.919 bits per heavy atom. The van der Waals surface area contributed by atoms with Crippen LogP contribution in [0.3, 0.4) is 0 Å². The lowest BCUT2D eigenvalue weighted by atomic mass is 10.0. The molecule has 0 fully saturated rings. The molecule has 3 rings (SSSR count). The molecule has 3 aromatic rings. The van der Waals surface area contributed by atoms with Gasteiger partial charge in [0.05, 0.1) is 0 Å². The molecule has 0 bridgehead atoms. The van der Waals surface area contributed by atoms with E-state index in [1.54, 1.807) is 4.90 Å². The van der Waals surface area contributed by atoms with Gasteiger partial charge in [0.15, 0.2) is 6.61 Å². The molecule has 1 atom stereocenters. The molecule has 0 saturated carbocycles. The number of ether oxygens (including phenoxy) is 1. The van der Waals surface area contributed by atoms with Crippen molar-refractivity contribution in [3.8, 4) is 5.75 Å². The van der Waals surface area contributed by atoms with Crippen LogP contribution in [0.1, 0.15) is 53.1 Å². The molecule has 3 aromatic carbocycles. The van der Waals surface area contributed by atoms with Crippen LogP contribution in [0.4, 0.5) is 0 Å². The van der Waals surface area contributed by atoms with E-state index >= 15 is 0 Å². The third-order valence-corrected chi connectivity index (χ3v) is 6.82. The van der Waals surface area contributed by atoms with Gasteiger partial charge in [0.25, 0.3) is 5.91 Å². The van der Waals surface area contributed by atoms with Crippen LogP contribution in [0, 0.1) is 27.7 Å². The molecule has 0 aliphatic carbocycles. The summed E-state index contributed by atoms with van der Waals surface area (Å²) in [6, 6.07) is 21.3. The standard InChI is InChI=1S/C32H40N2O3/c1-6-7-17-33-32(36)29(20-27-14-9-8-10-15-27)34(21-28-16-12-11-13-24(28)3)31(35)22-37-30-19-23(2)18-25(4)26(30)5/h8-16,18-19,29H,6-7,17,20-22H2,1-5H3,(H,33,36)/t29-/m1/s1. The largest absolute Gasteiger partial charge is 0.483 e. The zero-order valence-corrected chi connectivity index (χ0v) is 22.8. The minimum Gasteiger partial charge on any atom is -0.483 e. The van der Waals surface area contributed by atoms with Gasteiger partial charge in [-0.25, -0.2) is 0 Å². The molecule has 0 aromatic heterocycles. The zero-order valence-electron chi connectivity index (χ0n) is 22.8. The van der Waals surface area contributed by atoms with Crippen LogP contribution in [0.2, 0.25) is 0 Å². The van der Waals surface area contributed by atoms with E-state index in [2.05, 4.69) is 18.3 Å². The molecule has 0 spiro atoms. The van der Waals surface area contributed by atoms with Crippen molar-refractivity contribution in [2.45, 2.75) is 66.5 Å². The Hall–Kier alpha value is -3.60. The van der Waals surface area contributed by atoms with E-state index < -0.39 is 6.04 Å². The number of unbranched alkanes of at least 4 members (excludes halogenated alkanes) is 1. The van der Waals surface area contributed by atoms with Crippen molar-refractivity contribution in [3.63, 3.8) is 0 Å². The number of hydrogen-bond donors (Lipinski definition) is 1. The number of benzene rings is 3. The second-order valence-corrected chi connectivity index (χ2v) is 9.79. The number of hydrogen-bond acceptors (Lipinski definition) is 3. The molecule has 0 unspecified atom stereocenters. The summed E-state index contributed by atoms with van der Waals surface area (Å²) in [6.07, 6.45) is 2.31. The molecule has 5 nitrogen and oxygen atoms in total. The van der Waals surface area contributed by atoms with Gasteiger partial charge in [-0.2, -0.15) is 0 Å². The highest BCUT2D eigenvalue weighted by molar-refractivity contribution is 5.88. The van der Waals surface area contributed by atoms with Gasteiger partial charge in [-0.15, -0.1) is 0 Å². The number of rotatable bonds is 12. The smallest absolute Gasteiger partial charge is 0.261 e. The summed E-state index contributed by atoms with van der Waals surface area (Å²) in [5.41, 5.74) is 6.32. The second kappa shape index (κ2) is 13.6. The first kappa shape index (κ1) is 28.0. The van der Waals surface area contributed by atoms with Crippen LogP contribution in [-0.4, -0.2) is 35.9 Å². The van der Waals surface area contributed by atoms with E-state index in [9.17, 15) is 9.59 Å². The van der Waals surface area contributed by atoms with Crippen molar-refractivity contribution in [2.24, 2.45) is 0 Å². The van der Waals surface area contributed by atoms with Crippen molar-refractivity contribution in [1.29, 1.82) is 0 Å². The van der Waals surface area contributed by atoms with E-state index in [0.29, 0.717) is 25.3 Å². The maximum Gasteiger partial charge on any atom is 0.261 e. The average Bonchev–Trinajstić information content (AvgIpc) is 2.88. The SMILES string of the molecule is CCCCNC(=O)[C@@H](Cc1ccccc1)N(Cc1ccccc1C)C(=O)COc1cc(C)cc(C)c1C. The maximum atomic E-state index is 13.8. The average molecular weight is 501 g/mol. The van der Waals surface area contributed by atoms with Gasteiger partial charge in [0.1, 0.15) is 11.8 Å².